The number of hydrogen-bond donors (Lipinski definition) is 3. The summed E-state index contributed by atoms with van der Waals surface area (Å²) >= 11 is 0. The summed E-state index contributed by atoms with van der Waals surface area (Å²) in [6, 6.07) is 18.1. The van der Waals surface area contributed by atoms with Gasteiger partial charge in [0.25, 0.3) is 5.91 Å². The summed E-state index contributed by atoms with van der Waals surface area (Å²) < 4.78 is 46.6. The Labute approximate surface area is 246 Å². The fourth-order valence-electron chi connectivity index (χ4n) is 5.12. The number of aryl methyl sites for hydroxylation is 1. The molecule has 218 valence electrons. The summed E-state index contributed by atoms with van der Waals surface area (Å²) in [7, 11) is -0.781. The lowest BCUT2D eigenvalue weighted by atomic mass is 9.97. The van der Waals surface area contributed by atoms with Crippen molar-refractivity contribution >= 4 is 49.2 Å². The van der Waals surface area contributed by atoms with Gasteiger partial charge in [-0.15, -0.1) is 5.10 Å². The van der Waals surface area contributed by atoms with Crippen LogP contribution < -0.4 is 15.4 Å². The van der Waals surface area contributed by atoms with Gasteiger partial charge >= 0.3 is 0 Å². The maximum atomic E-state index is 13.7. The van der Waals surface area contributed by atoms with Gasteiger partial charge in [0, 0.05) is 58.8 Å². The summed E-state index contributed by atoms with van der Waals surface area (Å²) in [5, 5.41) is 12.7. The molecule has 0 aliphatic heterocycles. The van der Waals surface area contributed by atoms with Crippen molar-refractivity contribution in [3.63, 3.8) is 0 Å². The molecule has 3 aromatic carbocycles. The lowest BCUT2D eigenvalue weighted by molar-refractivity contribution is 0.0964. The molecular weight excluding hydrogens is 571 g/mol. The van der Waals surface area contributed by atoms with Gasteiger partial charge in [0.05, 0.1) is 28.9 Å². The highest BCUT2D eigenvalue weighted by molar-refractivity contribution is 7.92. The first kappa shape index (κ1) is 27.9. The van der Waals surface area contributed by atoms with E-state index in [4.69, 9.17) is 10.2 Å². The van der Waals surface area contributed by atoms with Crippen LogP contribution in [0.25, 0.3) is 55.7 Å². The normalized spacial score (nSPS) is 11.7. The summed E-state index contributed by atoms with van der Waals surface area (Å²) in [6.07, 6.45) is 1.10. The van der Waals surface area contributed by atoms with Crippen molar-refractivity contribution in [1.29, 1.82) is 0 Å². The molecular formula is C31H27FN6O4S. The van der Waals surface area contributed by atoms with Crippen LogP contribution >= 0.6 is 0 Å². The topological polar surface area (TPSA) is 147 Å². The Morgan fingerprint density at radius 2 is 1.77 bits per heavy atom. The van der Waals surface area contributed by atoms with Gasteiger partial charge in [0.15, 0.2) is 0 Å². The van der Waals surface area contributed by atoms with Crippen molar-refractivity contribution in [1.82, 2.24) is 20.5 Å². The number of anilines is 2. The molecule has 3 aromatic heterocycles. The minimum atomic E-state index is -3.72. The molecule has 6 aromatic rings. The molecule has 4 N–H and O–H groups in total. The summed E-state index contributed by atoms with van der Waals surface area (Å²) in [6.45, 7) is 1.77. The van der Waals surface area contributed by atoms with Crippen molar-refractivity contribution < 1.29 is 22.0 Å². The third-order valence-corrected chi connectivity index (χ3v) is 8.64. The number of aromatic amines is 1. The van der Waals surface area contributed by atoms with E-state index in [1.807, 2.05) is 30.3 Å². The third kappa shape index (κ3) is 4.85. The molecule has 0 aliphatic carbocycles. The Hall–Kier alpha value is -5.23. The Morgan fingerprint density at radius 1 is 1.02 bits per heavy atom. The van der Waals surface area contributed by atoms with Crippen molar-refractivity contribution in [3.8, 4) is 33.8 Å². The molecule has 6 rings (SSSR count). The van der Waals surface area contributed by atoms with E-state index < -0.39 is 21.7 Å². The summed E-state index contributed by atoms with van der Waals surface area (Å²) in [5.74, 6) is -0.635. The van der Waals surface area contributed by atoms with Gasteiger partial charge in [-0.05, 0) is 61.5 Å². The second-order valence-corrected chi connectivity index (χ2v) is 12.2. The third-order valence-electron chi connectivity index (χ3n) is 7.45. The summed E-state index contributed by atoms with van der Waals surface area (Å²) in [5.41, 5.74) is 11.7. The number of furan rings is 1. The zero-order chi connectivity index (χ0) is 30.6. The van der Waals surface area contributed by atoms with Crippen molar-refractivity contribution in [2.45, 2.75) is 6.92 Å². The molecule has 0 spiro atoms. The van der Waals surface area contributed by atoms with Crippen LogP contribution in [-0.2, 0) is 10.0 Å². The molecule has 43 heavy (non-hydrogen) atoms. The minimum absolute atomic E-state index is 0.223. The first-order valence-corrected chi connectivity index (χ1v) is 15.1. The number of rotatable bonds is 6. The Bertz CT molecular complexity index is 2170. The number of nitrogens with one attached hydrogen (secondary N) is 2. The van der Waals surface area contributed by atoms with E-state index in [0.717, 1.165) is 21.5 Å². The number of aromatic nitrogens is 3. The number of nitrogen functional groups attached to an aromatic ring is 1. The quantitative estimate of drug-likeness (QED) is 0.215. The monoisotopic (exact) mass is 598 g/mol. The van der Waals surface area contributed by atoms with Gasteiger partial charge in [-0.25, -0.2) is 12.8 Å². The van der Waals surface area contributed by atoms with Gasteiger partial charge in [-0.3, -0.25) is 9.10 Å². The Balaban J connectivity index is 1.64. The predicted molar refractivity (Wildman–Crippen MR) is 166 cm³/mol. The fraction of sp³-hybridized carbons (Fsp3) is 0.129. The van der Waals surface area contributed by atoms with Crippen molar-refractivity contribution in [2.75, 3.05) is 30.4 Å². The molecule has 12 heteroatoms. The molecule has 3 heterocycles. The highest BCUT2D eigenvalue weighted by Gasteiger charge is 2.27. The highest BCUT2D eigenvalue weighted by atomic mass is 32.2. The number of fused-ring (bicyclic) bond motifs is 2. The molecule has 0 atom stereocenters. The molecule has 0 fully saturated rings. The van der Waals surface area contributed by atoms with Gasteiger partial charge in [0.2, 0.25) is 10.0 Å². The number of amides is 1. The van der Waals surface area contributed by atoms with Crippen LogP contribution in [0.2, 0.25) is 0 Å². The first-order valence-electron chi connectivity index (χ1n) is 13.2. The molecule has 10 nitrogen and oxygen atoms in total. The van der Waals surface area contributed by atoms with Gasteiger partial charge < -0.3 is 20.5 Å². The van der Waals surface area contributed by atoms with Crippen molar-refractivity contribution in [3.05, 3.63) is 83.8 Å². The molecule has 0 saturated carbocycles. The second-order valence-electron chi connectivity index (χ2n) is 10.2. The number of carbonyl (C=O) groups excluding carboxylic acids is 1. The van der Waals surface area contributed by atoms with Crippen LogP contribution in [0.4, 0.5) is 15.8 Å². The van der Waals surface area contributed by atoms with Crippen LogP contribution in [-0.4, -0.2) is 49.9 Å². The van der Waals surface area contributed by atoms with Gasteiger partial charge in [-0.2, -0.15) is 5.10 Å². The maximum absolute atomic E-state index is 13.7. The summed E-state index contributed by atoms with van der Waals surface area (Å²) in [4.78, 5) is 16.5. The molecule has 0 saturated heterocycles. The smallest absolute Gasteiger partial charge is 0.255 e. The van der Waals surface area contributed by atoms with Crippen LogP contribution in [0.5, 0.6) is 0 Å². The van der Waals surface area contributed by atoms with Crippen molar-refractivity contribution in [2.24, 2.45) is 0 Å². The minimum Gasteiger partial charge on any atom is -0.455 e. The van der Waals surface area contributed by atoms with Crippen LogP contribution in [0.3, 0.4) is 0 Å². The predicted octanol–water partition coefficient (Wildman–Crippen LogP) is 5.49. The second kappa shape index (κ2) is 10.2. The van der Waals surface area contributed by atoms with Crippen LogP contribution in [0.1, 0.15) is 16.1 Å². The van der Waals surface area contributed by atoms with E-state index in [-0.39, 0.29) is 16.9 Å². The van der Waals surface area contributed by atoms with E-state index in [2.05, 4.69) is 20.5 Å². The lowest BCUT2D eigenvalue weighted by Gasteiger charge is -2.21. The zero-order valence-electron chi connectivity index (χ0n) is 23.7. The number of hydrogen-bond acceptors (Lipinski definition) is 7. The molecule has 0 radical (unpaired) electrons. The van der Waals surface area contributed by atoms with Gasteiger partial charge in [-0.1, -0.05) is 6.07 Å². The molecule has 0 aliphatic rings. The first-order chi connectivity index (χ1) is 20.5. The van der Waals surface area contributed by atoms with Crippen LogP contribution in [0, 0.1) is 12.7 Å². The Morgan fingerprint density at radius 3 is 2.44 bits per heavy atom. The van der Waals surface area contributed by atoms with E-state index in [1.165, 1.54) is 38.4 Å². The van der Waals surface area contributed by atoms with Crippen LogP contribution in [0.15, 0.2) is 71.1 Å². The number of carbonyl (C=O) groups is 1. The number of H-pyrrole nitrogens is 1. The number of benzene rings is 3. The SMILES string of the molecule is CNC(=O)c1c(-c2ccc(F)cc2)oc2cc(N(C)S(C)(=O)=O)c(-c3cc(-c4cc5c(N)cccc5[nH]4)nnc3C)cc12. The highest BCUT2D eigenvalue weighted by Crippen LogP contribution is 2.42. The number of sulfonamides is 1. The number of nitrogens with two attached hydrogens (primary N) is 1. The number of halogens is 1. The van der Waals surface area contributed by atoms with E-state index in [1.54, 1.807) is 19.1 Å². The molecule has 1 amide bonds. The molecule has 0 unspecified atom stereocenters. The fourth-order valence-corrected chi connectivity index (χ4v) is 5.62. The average molecular weight is 599 g/mol. The van der Waals surface area contributed by atoms with E-state index >= 15 is 0 Å². The maximum Gasteiger partial charge on any atom is 0.255 e. The Kier molecular flexibility index (Phi) is 6.65. The number of nitrogens with zero attached hydrogens (tertiary/aromatic N) is 3. The molecule has 0 bridgehead atoms. The van der Waals surface area contributed by atoms with E-state index in [9.17, 15) is 17.6 Å². The largest absolute Gasteiger partial charge is 0.455 e. The van der Waals surface area contributed by atoms with Gasteiger partial charge in [0.1, 0.15) is 22.9 Å². The average Bonchev–Trinajstić information content (AvgIpc) is 3.58. The van der Waals surface area contributed by atoms with E-state index in [0.29, 0.717) is 50.5 Å². The lowest BCUT2D eigenvalue weighted by Crippen LogP contribution is -2.25. The zero-order valence-corrected chi connectivity index (χ0v) is 24.5. The standard InChI is InChI=1S/C31H27FN6O4S/c1-16-19(13-26(37-36-16)25-14-21-23(33)6-5-7-24(21)35-25)20-12-22-28(15-27(20)38(3)43(4,40)41)42-30(29(22)31(39)34-2)17-8-10-18(32)11-9-17/h5-15,35H,33H2,1-4H3,(H,34,39).